The highest BCUT2D eigenvalue weighted by Gasteiger charge is 2.36. The zero-order valence-electron chi connectivity index (χ0n) is 12.5. The van der Waals surface area contributed by atoms with Gasteiger partial charge < -0.3 is 10.2 Å². The van der Waals surface area contributed by atoms with E-state index in [1.165, 1.54) is 48.6 Å². The van der Waals surface area contributed by atoms with Crippen molar-refractivity contribution in [2.45, 2.75) is 37.3 Å². The Morgan fingerprint density at radius 3 is 3.20 bits per heavy atom. The number of nitrogens with one attached hydrogen (secondary N) is 1. The van der Waals surface area contributed by atoms with Gasteiger partial charge in [-0.1, -0.05) is 6.07 Å². The van der Waals surface area contributed by atoms with Crippen molar-refractivity contribution >= 4 is 11.8 Å². The fraction of sp³-hybridized carbons (Fsp3) is 0.688. The molecule has 1 fully saturated rings. The molecule has 0 radical (unpaired) electrons. The molecule has 1 aliphatic heterocycles. The quantitative estimate of drug-likeness (QED) is 0.923. The van der Waals surface area contributed by atoms with Crippen LogP contribution in [0.3, 0.4) is 0 Å². The van der Waals surface area contributed by atoms with Crippen molar-refractivity contribution in [3.63, 3.8) is 0 Å². The van der Waals surface area contributed by atoms with Gasteiger partial charge in [0.25, 0.3) is 0 Å². The van der Waals surface area contributed by atoms with Gasteiger partial charge in [-0.05, 0) is 45.0 Å². The Hall–Kier alpha value is -0.580. The summed E-state index contributed by atoms with van der Waals surface area (Å²) in [5.41, 5.74) is 2.82. The molecular formula is C16H25N3S. The van der Waals surface area contributed by atoms with E-state index in [-0.39, 0.29) is 0 Å². The Kier molecular flexibility index (Phi) is 4.64. The maximum atomic E-state index is 4.72. The molecule has 0 amide bonds. The van der Waals surface area contributed by atoms with Crippen molar-refractivity contribution < 1.29 is 0 Å². The molecule has 2 aliphatic rings. The summed E-state index contributed by atoms with van der Waals surface area (Å²) < 4.78 is 0. The molecule has 1 saturated heterocycles. The van der Waals surface area contributed by atoms with E-state index in [0.29, 0.717) is 18.0 Å². The summed E-state index contributed by atoms with van der Waals surface area (Å²) in [5.74, 6) is 3.07. The Morgan fingerprint density at radius 2 is 2.40 bits per heavy atom. The Labute approximate surface area is 126 Å². The second-order valence-electron chi connectivity index (χ2n) is 5.98. The Morgan fingerprint density at radius 1 is 1.50 bits per heavy atom. The molecule has 2 heterocycles. The highest BCUT2D eigenvalue weighted by atomic mass is 32.2. The lowest BCUT2D eigenvalue weighted by Gasteiger charge is -2.42. The van der Waals surface area contributed by atoms with Crippen LogP contribution in [0.2, 0.25) is 0 Å². The van der Waals surface area contributed by atoms with E-state index >= 15 is 0 Å². The fourth-order valence-corrected chi connectivity index (χ4v) is 5.03. The van der Waals surface area contributed by atoms with Gasteiger partial charge in [-0.15, -0.1) is 0 Å². The minimum absolute atomic E-state index is 0.516. The SMILES string of the molecule is CNC(C1CCCc2cccnc21)C1CSCCN1C. The Bertz CT molecular complexity index is 451. The molecule has 4 heteroatoms. The monoisotopic (exact) mass is 291 g/mol. The van der Waals surface area contributed by atoms with Crippen molar-refractivity contribution in [1.82, 2.24) is 15.2 Å². The normalized spacial score (nSPS) is 28.9. The standard InChI is InChI=1S/C16H25N3S/c1-17-16(14-11-20-10-9-19(14)2)13-7-3-5-12-6-4-8-18-15(12)13/h4,6,8,13-14,16-17H,3,5,7,9-11H2,1-2H3. The molecule has 1 aromatic rings. The third kappa shape index (κ3) is 2.74. The first-order chi connectivity index (χ1) is 9.81. The number of hydrogen-bond donors (Lipinski definition) is 1. The van der Waals surface area contributed by atoms with Crippen LogP contribution >= 0.6 is 11.8 Å². The Balaban J connectivity index is 1.86. The van der Waals surface area contributed by atoms with Crippen molar-refractivity contribution in [3.05, 3.63) is 29.6 Å². The largest absolute Gasteiger partial charge is 0.315 e. The molecule has 1 N–H and O–H groups in total. The number of pyridine rings is 1. The van der Waals surface area contributed by atoms with Gasteiger partial charge in [0.1, 0.15) is 0 Å². The van der Waals surface area contributed by atoms with Gasteiger partial charge in [-0.3, -0.25) is 4.98 Å². The molecule has 0 bridgehead atoms. The van der Waals surface area contributed by atoms with Crippen LogP contribution in [0.1, 0.15) is 30.0 Å². The molecule has 0 saturated carbocycles. The first kappa shape index (κ1) is 14.4. The second-order valence-corrected chi connectivity index (χ2v) is 7.13. The summed E-state index contributed by atoms with van der Waals surface area (Å²) >= 11 is 2.09. The summed E-state index contributed by atoms with van der Waals surface area (Å²) in [6.45, 7) is 1.20. The van der Waals surface area contributed by atoms with E-state index in [9.17, 15) is 0 Å². The van der Waals surface area contributed by atoms with Crippen molar-refractivity contribution in [2.75, 3.05) is 32.1 Å². The predicted molar refractivity (Wildman–Crippen MR) is 86.5 cm³/mol. The lowest BCUT2D eigenvalue weighted by molar-refractivity contribution is 0.194. The first-order valence-corrected chi connectivity index (χ1v) is 8.85. The smallest absolute Gasteiger partial charge is 0.0482 e. The van der Waals surface area contributed by atoms with Crippen LogP contribution in [0.15, 0.2) is 18.3 Å². The summed E-state index contributed by atoms with van der Waals surface area (Å²) in [5, 5.41) is 3.62. The van der Waals surface area contributed by atoms with Gasteiger partial charge in [-0.2, -0.15) is 11.8 Å². The summed E-state index contributed by atoms with van der Waals surface area (Å²) in [4.78, 5) is 7.26. The van der Waals surface area contributed by atoms with Crippen LogP contribution in [-0.4, -0.2) is 54.1 Å². The van der Waals surface area contributed by atoms with Crippen molar-refractivity contribution in [3.8, 4) is 0 Å². The zero-order valence-corrected chi connectivity index (χ0v) is 13.3. The van der Waals surface area contributed by atoms with Crippen LogP contribution in [0.4, 0.5) is 0 Å². The van der Waals surface area contributed by atoms with Crippen LogP contribution in [0.5, 0.6) is 0 Å². The molecule has 0 spiro atoms. The van der Waals surface area contributed by atoms with E-state index in [2.05, 4.69) is 48.2 Å². The molecule has 1 aliphatic carbocycles. The summed E-state index contributed by atoms with van der Waals surface area (Å²) in [6.07, 6.45) is 5.73. The molecule has 3 atom stereocenters. The molecule has 3 unspecified atom stereocenters. The molecule has 20 heavy (non-hydrogen) atoms. The van der Waals surface area contributed by atoms with Crippen LogP contribution in [0.25, 0.3) is 0 Å². The predicted octanol–water partition coefficient (Wildman–Crippen LogP) is 2.14. The first-order valence-electron chi connectivity index (χ1n) is 7.70. The maximum Gasteiger partial charge on any atom is 0.0482 e. The summed E-state index contributed by atoms with van der Waals surface area (Å²) in [6, 6.07) is 5.48. The number of nitrogens with zero attached hydrogens (tertiary/aromatic N) is 2. The molecule has 110 valence electrons. The molecule has 3 nitrogen and oxygen atoms in total. The number of rotatable bonds is 3. The van der Waals surface area contributed by atoms with Gasteiger partial charge >= 0.3 is 0 Å². The number of hydrogen-bond acceptors (Lipinski definition) is 4. The lowest BCUT2D eigenvalue weighted by Crippen LogP contribution is -2.54. The molecule has 3 rings (SSSR count). The number of aromatic nitrogens is 1. The lowest BCUT2D eigenvalue weighted by atomic mass is 9.79. The highest BCUT2D eigenvalue weighted by molar-refractivity contribution is 7.99. The van der Waals surface area contributed by atoms with Crippen molar-refractivity contribution in [2.24, 2.45) is 0 Å². The topological polar surface area (TPSA) is 28.2 Å². The van der Waals surface area contributed by atoms with E-state index in [0.717, 1.165) is 0 Å². The van der Waals surface area contributed by atoms with Crippen LogP contribution < -0.4 is 5.32 Å². The van der Waals surface area contributed by atoms with Gasteiger partial charge in [0.05, 0.1) is 0 Å². The van der Waals surface area contributed by atoms with Gasteiger partial charge in [0.15, 0.2) is 0 Å². The molecule has 1 aromatic heterocycles. The fourth-order valence-electron chi connectivity index (χ4n) is 3.74. The van der Waals surface area contributed by atoms with E-state index in [1.54, 1.807) is 0 Å². The van der Waals surface area contributed by atoms with E-state index in [4.69, 9.17) is 4.98 Å². The number of likely N-dealkylation sites (N-methyl/N-ethyl adjacent to an activating group) is 2. The third-order valence-electron chi connectivity index (χ3n) is 4.86. The van der Waals surface area contributed by atoms with Crippen LogP contribution in [-0.2, 0) is 6.42 Å². The second kappa shape index (κ2) is 6.46. The molecule has 0 aromatic carbocycles. The van der Waals surface area contributed by atoms with Gasteiger partial charge in [-0.25, -0.2) is 0 Å². The molecular weight excluding hydrogens is 266 g/mol. The zero-order chi connectivity index (χ0) is 13.9. The van der Waals surface area contributed by atoms with E-state index < -0.39 is 0 Å². The highest BCUT2D eigenvalue weighted by Crippen LogP contribution is 2.35. The van der Waals surface area contributed by atoms with Crippen LogP contribution in [0, 0.1) is 0 Å². The summed E-state index contributed by atoms with van der Waals surface area (Å²) in [7, 11) is 4.39. The van der Waals surface area contributed by atoms with Gasteiger partial charge in [0.2, 0.25) is 0 Å². The minimum Gasteiger partial charge on any atom is -0.315 e. The average molecular weight is 291 g/mol. The number of fused-ring (bicyclic) bond motifs is 1. The van der Waals surface area contributed by atoms with Crippen molar-refractivity contribution in [1.29, 1.82) is 0 Å². The third-order valence-corrected chi connectivity index (χ3v) is 5.91. The maximum absolute atomic E-state index is 4.72. The number of thioether (sulfide) groups is 1. The van der Waals surface area contributed by atoms with Gasteiger partial charge in [0, 0.05) is 47.9 Å². The average Bonchev–Trinajstić information content (AvgIpc) is 2.50. The number of aryl methyl sites for hydroxylation is 1. The van der Waals surface area contributed by atoms with E-state index in [1.807, 2.05) is 6.20 Å². The minimum atomic E-state index is 0.516.